The number of nitrogens with zero attached hydrogens (tertiary/aromatic N) is 1. The molecule has 0 bridgehead atoms. The zero-order valence-electron chi connectivity index (χ0n) is 7.35. The lowest BCUT2D eigenvalue weighted by atomic mass is 10.3. The average Bonchev–Trinajstić information content (AvgIpc) is 2.01. The summed E-state index contributed by atoms with van der Waals surface area (Å²) in [6.07, 6.45) is 0. The van der Waals surface area contributed by atoms with E-state index in [1.165, 1.54) is 24.3 Å². The van der Waals surface area contributed by atoms with Gasteiger partial charge in [0.25, 0.3) is 5.69 Å². The summed E-state index contributed by atoms with van der Waals surface area (Å²) in [4.78, 5) is 24.3. The van der Waals surface area contributed by atoms with Gasteiger partial charge in [-0.15, -0.1) is 0 Å². The molecule has 0 atom stereocenters. The third kappa shape index (κ3) is 8.85. The molecule has 5 N–H and O–H groups in total. The Morgan fingerprint density at radius 1 is 1.27 bits per heavy atom. The van der Waals surface area contributed by atoms with Gasteiger partial charge in [-0.3, -0.25) is 10.1 Å². The Kier molecular flexibility index (Phi) is 4.89. The van der Waals surface area contributed by atoms with E-state index in [-0.39, 0.29) is 11.4 Å². The van der Waals surface area contributed by atoms with Gasteiger partial charge < -0.3 is 14.9 Å². The predicted octanol–water partition coefficient (Wildman–Crippen LogP) is 0.338. The van der Waals surface area contributed by atoms with Crippen LogP contribution in [-0.4, -0.2) is 19.8 Å². The van der Waals surface area contributed by atoms with E-state index < -0.39 is 12.7 Å². The highest BCUT2D eigenvalue weighted by atomic mass is 31.2. The summed E-state index contributed by atoms with van der Waals surface area (Å²) in [5.41, 5.74) is 4.00. The van der Waals surface area contributed by atoms with E-state index in [0.717, 1.165) is 0 Å². The molecular weight excluding hydrogens is 227 g/mol. The third-order valence-corrected chi connectivity index (χ3v) is 1.06. The highest BCUT2D eigenvalue weighted by Gasteiger charge is 2.01. The number of nitro benzene ring substituents is 1. The molecule has 0 aliphatic rings. The van der Waals surface area contributed by atoms with E-state index in [9.17, 15) is 10.1 Å². The molecule has 1 aromatic rings. The molecule has 1 rings (SSSR count). The smallest absolute Gasteiger partial charge is 0.397 e. The van der Waals surface area contributed by atoms with Gasteiger partial charge >= 0.3 is 7.75 Å². The van der Waals surface area contributed by atoms with Crippen molar-refractivity contribution in [2.75, 3.05) is 0 Å². The lowest BCUT2D eigenvalue weighted by Crippen LogP contribution is -1.87. The van der Waals surface area contributed by atoms with Crippen molar-refractivity contribution in [2.24, 2.45) is 5.50 Å². The van der Waals surface area contributed by atoms with Crippen LogP contribution < -0.4 is 5.50 Å². The van der Waals surface area contributed by atoms with E-state index in [1.807, 2.05) is 0 Å². The van der Waals surface area contributed by atoms with Gasteiger partial charge in [-0.05, 0) is 12.1 Å². The summed E-state index contributed by atoms with van der Waals surface area (Å²) in [6.45, 7) is 0. The van der Waals surface area contributed by atoms with Gasteiger partial charge in [0, 0.05) is 12.1 Å². The molecule has 0 spiro atoms. The second-order valence-corrected chi connectivity index (χ2v) is 3.54. The minimum atomic E-state index is -4.14. The molecule has 0 saturated carbocycles. The van der Waals surface area contributed by atoms with E-state index in [2.05, 4.69) is 5.50 Å². The van der Waals surface area contributed by atoms with Crippen LogP contribution in [0.5, 0.6) is 5.75 Å². The summed E-state index contributed by atoms with van der Waals surface area (Å²) >= 11 is 0. The van der Waals surface area contributed by atoms with Crippen LogP contribution in [0.4, 0.5) is 5.69 Å². The van der Waals surface area contributed by atoms with Gasteiger partial charge in [0.1, 0.15) is 5.75 Å². The summed E-state index contributed by atoms with van der Waals surface area (Å²) in [7, 11) is -4.14. The van der Waals surface area contributed by atoms with Gasteiger partial charge in [-0.1, -0.05) is 0 Å². The van der Waals surface area contributed by atoms with E-state index in [0.29, 0.717) is 0 Å². The van der Waals surface area contributed by atoms with Crippen molar-refractivity contribution < 1.29 is 24.4 Å². The van der Waals surface area contributed by atoms with Gasteiger partial charge in [-0.2, -0.15) is 0 Å². The molecule has 0 amide bonds. The Morgan fingerprint density at radius 2 is 1.60 bits per heavy atom. The fraction of sp³-hybridized carbons (Fsp3) is 0. The number of phenols is 1. The zero-order valence-corrected chi connectivity index (χ0v) is 8.24. The van der Waals surface area contributed by atoms with Gasteiger partial charge in [0.2, 0.25) is 0 Å². The van der Waals surface area contributed by atoms with Crippen molar-refractivity contribution >= 4 is 13.4 Å². The van der Waals surface area contributed by atoms with Crippen LogP contribution in [0.3, 0.4) is 0 Å². The molecule has 0 radical (unpaired) electrons. The lowest BCUT2D eigenvalue weighted by Gasteiger charge is -1.89. The molecule has 0 saturated heterocycles. The quantitative estimate of drug-likeness (QED) is 0.312. The molecule has 0 fully saturated rings. The van der Waals surface area contributed by atoms with E-state index >= 15 is 0 Å². The Balaban J connectivity index is 0.000000336. The minimum Gasteiger partial charge on any atom is -0.508 e. The number of phenolic OH excluding ortho intramolecular Hbond substituents is 1. The van der Waals surface area contributed by atoms with Crippen molar-refractivity contribution in [3.8, 4) is 5.75 Å². The molecule has 0 heterocycles. The Labute approximate surface area is 84.3 Å². The average molecular weight is 236 g/mol. The molecule has 84 valence electrons. The van der Waals surface area contributed by atoms with Crippen LogP contribution >= 0.6 is 7.75 Å². The normalized spacial score (nSPS) is 10.1. The zero-order chi connectivity index (χ0) is 12.1. The summed E-state index contributed by atoms with van der Waals surface area (Å²) in [5.74, 6) is 0.0330. The fourth-order valence-electron chi connectivity index (χ4n) is 0.574. The monoisotopic (exact) mass is 236 g/mol. The molecule has 0 aliphatic heterocycles. The number of benzene rings is 1. The summed E-state index contributed by atoms with van der Waals surface area (Å²) in [6, 6.07) is 5.04. The first-order valence-corrected chi connectivity index (χ1v) is 5.16. The molecule has 0 aromatic heterocycles. The van der Waals surface area contributed by atoms with Crippen LogP contribution in [0.1, 0.15) is 0 Å². The SMILES string of the molecule is NP(=O)(O)O.O=[N+]([O-])c1ccc(O)cc1. The number of nitrogens with two attached hydrogens (primary N) is 1. The van der Waals surface area contributed by atoms with Crippen molar-refractivity contribution in [1.82, 2.24) is 0 Å². The van der Waals surface area contributed by atoms with Crippen molar-refractivity contribution in [1.29, 1.82) is 0 Å². The van der Waals surface area contributed by atoms with Crippen LogP contribution in [0.15, 0.2) is 24.3 Å². The minimum absolute atomic E-state index is 0.0159. The molecular formula is C6H9N2O6P. The summed E-state index contributed by atoms with van der Waals surface area (Å²) in [5, 5.41) is 18.8. The van der Waals surface area contributed by atoms with Crippen LogP contribution in [-0.2, 0) is 4.57 Å². The lowest BCUT2D eigenvalue weighted by molar-refractivity contribution is -0.384. The number of hydrogen-bond donors (Lipinski definition) is 4. The first-order valence-electron chi connectivity index (χ1n) is 3.47. The highest BCUT2D eigenvalue weighted by molar-refractivity contribution is 7.49. The third-order valence-electron chi connectivity index (χ3n) is 1.06. The molecule has 0 aliphatic carbocycles. The Bertz CT molecular complexity index is 363. The topological polar surface area (TPSA) is 147 Å². The van der Waals surface area contributed by atoms with E-state index in [1.54, 1.807) is 0 Å². The van der Waals surface area contributed by atoms with Crippen molar-refractivity contribution in [2.45, 2.75) is 0 Å². The van der Waals surface area contributed by atoms with Gasteiger partial charge in [-0.25, -0.2) is 10.1 Å². The standard InChI is InChI=1S/C6H5NO3.H4NO3P/c8-6-3-1-5(2-4-6)7(9)10;1-5(2,3)4/h1-4,8H;(H4,1,2,3,4). The van der Waals surface area contributed by atoms with E-state index in [4.69, 9.17) is 19.5 Å². The Morgan fingerprint density at radius 3 is 1.87 bits per heavy atom. The number of rotatable bonds is 1. The Hall–Kier alpha value is -1.47. The highest BCUT2D eigenvalue weighted by Crippen LogP contribution is 2.20. The maximum Gasteiger partial charge on any atom is 0.397 e. The molecule has 9 heteroatoms. The number of non-ortho nitro benzene ring substituents is 1. The predicted molar refractivity (Wildman–Crippen MR) is 51.0 cm³/mol. The number of aromatic hydroxyl groups is 1. The fourth-order valence-corrected chi connectivity index (χ4v) is 0.574. The molecule has 15 heavy (non-hydrogen) atoms. The first kappa shape index (κ1) is 13.5. The largest absolute Gasteiger partial charge is 0.508 e. The van der Waals surface area contributed by atoms with Gasteiger partial charge in [0.05, 0.1) is 4.92 Å². The number of nitro groups is 1. The second-order valence-electron chi connectivity index (χ2n) is 2.36. The maximum atomic E-state index is 10.0. The van der Waals surface area contributed by atoms with Crippen LogP contribution in [0, 0.1) is 10.1 Å². The molecule has 1 aromatic carbocycles. The van der Waals surface area contributed by atoms with Crippen molar-refractivity contribution in [3.63, 3.8) is 0 Å². The van der Waals surface area contributed by atoms with Crippen LogP contribution in [0.2, 0.25) is 0 Å². The first-order chi connectivity index (χ1) is 6.70. The maximum absolute atomic E-state index is 10.0. The second kappa shape index (κ2) is 5.42. The molecule has 0 unspecified atom stereocenters. The number of hydrogen-bond acceptors (Lipinski definition) is 4. The van der Waals surface area contributed by atoms with Crippen LogP contribution in [0.25, 0.3) is 0 Å². The summed E-state index contributed by atoms with van der Waals surface area (Å²) < 4.78 is 9.10. The molecule has 8 nitrogen and oxygen atoms in total. The van der Waals surface area contributed by atoms with Crippen molar-refractivity contribution in [3.05, 3.63) is 34.4 Å². The van der Waals surface area contributed by atoms with Gasteiger partial charge in [0.15, 0.2) is 0 Å².